The van der Waals surface area contributed by atoms with Crippen molar-refractivity contribution in [2.45, 2.75) is 13.3 Å². The Hall–Kier alpha value is -0.590. The Morgan fingerprint density at radius 1 is 1.37 bits per heavy atom. The summed E-state index contributed by atoms with van der Waals surface area (Å²) >= 11 is 6.82. The number of ether oxygens (including phenoxy) is 2. The van der Waals surface area contributed by atoms with E-state index in [2.05, 4.69) is 37.2 Å². The summed E-state index contributed by atoms with van der Waals surface area (Å²) in [6.07, 6.45) is 0.795. The van der Waals surface area contributed by atoms with Crippen LogP contribution >= 0.6 is 31.9 Å². The third kappa shape index (κ3) is 5.93. The molecular weight excluding hydrogens is 378 g/mol. The molecule has 19 heavy (non-hydrogen) atoms. The normalized spacial score (nSPS) is 10.3. The second kappa shape index (κ2) is 8.55. The van der Waals surface area contributed by atoms with E-state index in [9.17, 15) is 4.79 Å². The summed E-state index contributed by atoms with van der Waals surface area (Å²) < 4.78 is 12.2. The summed E-state index contributed by atoms with van der Waals surface area (Å²) in [6.45, 7) is 3.17. The lowest BCUT2D eigenvalue weighted by molar-refractivity contribution is -0.123. The van der Waals surface area contributed by atoms with Crippen LogP contribution in [-0.4, -0.2) is 32.8 Å². The third-order valence-corrected chi connectivity index (χ3v) is 3.44. The molecule has 0 heterocycles. The average Bonchev–Trinajstić information content (AvgIpc) is 2.33. The SMILES string of the molecule is COCCCNC(=O)COc1c(C)cc(Br)cc1Br. The zero-order chi connectivity index (χ0) is 14.3. The minimum Gasteiger partial charge on any atom is -0.482 e. The number of aryl methyl sites for hydroxylation is 1. The second-order valence-corrected chi connectivity index (χ2v) is 5.79. The van der Waals surface area contributed by atoms with Crippen LogP contribution in [-0.2, 0) is 9.53 Å². The molecule has 0 aliphatic rings. The van der Waals surface area contributed by atoms with Gasteiger partial charge in [0.25, 0.3) is 5.91 Å². The van der Waals surface area contributed by atoms with Crippen LogP contribution in [0.5, 0.6) is 5.75 Å². The fraction of sp³-hybridized carbons (Fsp3) is 0.462. The molecule has 1 rings (SSSR count). The van der Waals surface area contributed by atoms with E-state index in [4.69, 9.17) is 9.47 Å². The Kier molecular flexibility index (Phi) is 7.41. The van der Waals surface area contributed by atoms with Crippen LogP contribution in [0.25, 0.3) is 0 Å². The Morgan fingerprint density at radius 2 is 2.11 bits per heavy atom. The predicted octanol–water partition coefficient (Wildman–Crippen LogP) is 3.05. The Labute approximate surface area is 130 Å². The van der Waals surface area contributed by atoms with E-state index in [1.165, 1.54) is 0 Å². The predicted molar refractivity (Wildman–Crippen MR) is 81.6 cm³/mol. The third-order valence-electron chi connectivity index (χ3n) is 2.39. The number of nitrogens with one attached hydrogen (secondary N) is 1. The standard InChI is InChI=1S/C13H17Br2NO3/c1-9-6-10(14)7-11(15)13(9)19-8-12(17)16-4-3-5-18-2/h6-7H,3-5,8H2,1-2H3,(H,16,17). The van der Waals surface area contributed by atoms with Gasteiger partial charge in [0.15, 0.2) is 6.61 Å². The molecule has 1 aromatic rings. The highest BCUT2D eigenvalue weighted by molar-refractivity contribution is 9.11. The van der Waals surface area contributed by atoms with E-state index >= 15 is 0 Å². The molecule has 0 aliphatic heterocycles. The summed E-state index contributed by atoms with van der Waals surface area (Å²) in [4.78, 5) is 11.6. The van der Waals surface area contributed by atoms with Gasteiger partial charge in [-0.1, -0.05) is 15.9 Å². The first-order chi connectivity index (χ1) is 9.04. The minimum absolute atomic E-state index is 0.00799. The first-order valence-corrected chi connectivity index (χ1v) is 7.47. The molecular formula is C13H17Br2NO3. The molecule has 0 atom stereocenters. The lowest BCUT2D eigenvalue weighted by atomic mass is 10.2. The Morgan fingerprint density at radius 3 is 2.74 bits per heavy atom. The number of hydrogen-bond donors (Lipinski definition) is 1. The maximum atomic E-state index is 11.6. The van der Waals surface area contributed by atoms with Gasteiger partial charge < -0.3 is 14.8 Å². The number of amides is 1. The highest BCUT2D eigenvalue weighted by Crippen LogP contribution is 2.32. The van der Waals surface area contributed by atoms with Gasteiger partial charge in [0, 0.05) is 24.7 Å². The van der Waals surface area contributed by atoms with Gasteiger partial charge in [-0.3, -0.25) is 4.79 Å². The summed E-state index contributed by atoms with van der Waals surface area (Å²) in [5.74, 6) is 0.556. The largest absolute Gasteiger partial charge is 0.482 e. The van der Waals surface area contributed by atoms with Crippen molar-refractivity contribution >= 4 is 37.8 Å². The van der Waals surface area contributed by atoms with Gasteiger partial charge in [0.05, 0.1) is 4.47 Å². The molecule has 0 saturated carbocycles. The van der Waals surface area contributed by atoms with Crippen molar-refractivity contribution in [1.29, 1.82) is 0 Å². The topological polar surface area (TPSA) is 47.6 Å². The summed E-state index contributed by atoms with van der Waals surface area (Å²) in [5.41, 5.74) is 0.966. The van der Waals surface area contributed by atoms with E-state index in [0.29, 0.717) is 18.9 Å². The van der Waals surface area contributed by atoms with Crippen LogP contribution in [0, 0.1) is 6.92 Å². The van der Waals surface area contributed by atoms with Crippen molar-refractivity contribution in [2.24, 2.45) is 0 Å². The number of rotatable bonds is 7. The van der Waals surface area contributed by atoms with E-state index in [1.807, 2.05) is 19.1 Å². The van der Waals surface area contributed by atoms with Gasteiger partial charge in [-0.05, 0) is 47.0 Å². The number of carbonyl (C=O) groups excluding carboxylic acids is 1. The highest BCUT2D eigenvalue weighted by atomic mass is 79.9. The van der Waals surface area contributed by atoms with Gasteiger partial charge in [-0.15, -0.1) is 0 Å². The smallest absolute Gasteiger partial charge is 0.257 e. The van der Waals surface area contributed by atoms with Crippen molar-refractivity contribution in [3.05, 3.63) is 26.6 Å². The average molecular weight is 395 g/mol. The van der Waals surface area contributed by atoms with Crippen LogP contribution in [0.1, 0.15) is 12.0 Å². The number of hydrogen-bond acceptors (Lipinski definition) is 3. The number of methoxy groups -OCH3 is 1. The molecule has 1 aromatic carbocycles. The van der Waals surface area contributed by atoms with Gasteiger partial charge in [0.2, 0.25) is 0 Å². The molecule has 0 fully saturated rings. The van der Waals surface area contributed by atoms with Crippen molar-refractivity contribution in [2.75, 3.05) is 26.9 Å². The minimum atomic E-state index is -0.134. The quantitative estimate of drug-likeness (QED) is 0.723. The number of benzene rings is 1. The summed E-state index contributed by atoms with van der Waals surface area (Å²) in [7, 11) is 1.64. The number of halogens is 2. The highest BCUT2D eigenvalue weighted by Gasteiger charge is 2.09. The van der Waals surface area contributed by atoms with E-state index in [0.717, 1.165) is 20.9 Å². The van der Waals surface area contributed by atoms with Crippen LogP contribution in [0.4, 0.5) is 0 Å². The molecule has 1 N–H and O–H groups in total. The molecule has 0 aliphatic carbocycles. The molecule has 0 unspecified atom stereocenters. The zero-order valence-corrected chi connectivity index (χ0v) is 14.1. The van der Waals surface area contributed by atoms with Gasteiger partial charge >= 0.3 is 0 Å². The van der Waals surface area contributed by atoms with E-state index in [-0.39, 0.29) is 12.5 Å². The van der Waals surface area contributed by atoms with Crippen molar-refractivity contribution < 1.29 is 14.3 Å². The molecule has 106 valence electrons. The van der Waals surface area contributed by atoms with Crippen LogP contribution in [0.3, 0.4) is 0 Å². The maximum absolute atomic E-state index is 11.6. The van der Waals surface area contributed by atoms with Crippen molar-refractivity contribution in [1.82, 2.24) is 5.32 Å². The molecule has 4 nitrogen and oxygen atoms in total. The first kappa shape index (κ1) is 16.5. The lowest BCUT2D eigenvalue weighted by Gasteiger charge is -2.11. The van der Waals surface area contributed by atoms with Gasteiger partial charge in [-0.25, -0.2) is 0 Å². The maximum Gasteiger partial charge on any atom is 0.257 e. The van der Waals surface area contributed by atoms with Crippen LogP contribution in [0.15, 0.2) is 21.1 Å². The Bertz CT molecular complexity index is 415. The van der Waals surface area contributed by atoms with Crippen LogP contribution < -0.4 is 10.1 Å². The molecule has 0 spiro atoms. The van der Waals surface area contributed by atoms with Crippen molar-refractivity contribution in [3.8, 4) is 5.75 Å². The molecule has 0 radical (unpaired) electrons. The van der Waals surface area contributed by atoms with Crippen LogP contribution in [0.2, 0.25) is 0 Å². The fourth-order valence-corrected chi connectivity index (χ4v) is 3.06. The first-order valence-electron chi connectivity index (χ1n) is 5.88. The molecule has 0 saturated heterocycles. The second-order valence-electron chi connectivity index (χ2n) is 4.02. The monoisotopic (exact) mass is 393 g/mol. The van der Waals surface area contributed by atoms with Crippen molar-refractivity contribution in [3.63, 3.8) is 0 Å². The van der Waals surface area contributed by atoms with E-state index in [1.54, 1.807) is 7.11 Å². The summed E-state index contributed by atoms with van der Waals surface area (Å²) in [6, 6.07) is 3.83. The molecule has 1 amide bonds. The number of carbonyl (C=O) groups is 1. The summed E-state index contributed by atoms with van der Waals surface area (Å²) in [5, 5.41) is 2.77. The molecule has 6 heteroatoms. The zero-order valence-electron chi connectivity index (χ0n) is 11.0. The van der Waals surface area contributed by atoms with Gasteiger partial charge in [0.1, 0.15) is 5.75 Å². The molecule has 0 aromatic heterocycles. The van der Waals surface area contributed by atoms with E-state index < -0.39 is 0 Å². The van der Waals surface area contributed by atoms with Gasteiger partial charge in [-0.2, -0.15) is 0 Å². The Balaban J connectivity index is 2.42. The molecule has 0 bridgehead atoms. The lowest BCUT2D eigenvalue weighted by Crippen LogP contribution is -2.30. The fourth-order valence-electron chi connectivity index (χ4n) is 1.50.